The van der Waals surface area contributed by atoms with E-state index in [0.717, 1.165) is 0 Å². The van der Waals surface area contributed by atoms with Crippen LogP contribution in [0.4, 0.5) is 11.4 Å². The molecule has 0 saturated heterocycles. The van der Waals surface area contributed by atoms with E-state index in [4.69, 9.17) is 4.74 Å². The molecule has 0 unspecified atom stereocenters. The van der Waals surface area contributed by atoms with Crippen molar-refractivity contribution in [2.75, 3.05) is 17.1 Å². The number of methoxy groups -OCH3 is 1. The molecule has 0 aliphatic carbocycles. The van der Waals surface area contributed by atoms with Crippen LogP contribution in [0.15, 0.2) is 83.8 Å². The molecule has 0 bridgehead atoms. The first-order valence-corrected chi connectivity index (χ1v) is 10.1. The lowest BCUT2D eigenvalue weighted by molar-refractivity contribution is 0.0602. The molecule has 3 rings (SSSR count). The van der Waals surface area contributed by atoms with Gasteiger partial charge < -0.3 is 10.1 Å². The Kier molecular flexibility index (Phi) is 5.94. The van der Waals surface area contributed by atoms with Gasteiger partial charge in [-0.2, -0.15) is 0 Å². The lowest BCUT2D eigenvalue weighted by atomic mass is 10.1. The van der Waals surface area contributed by atoms with Crippen molar-refractivity contribution in [2.45, 2.75) is 4.90 Å². The van der Waals surface area contributed by atoms with E-state index in [1.807, 2.05) is 0 Å². The van der Waals surface area contributed by atoms with Crippen LogP contribution in [0.1, 0.15) is 20.7 Å². The van der Waals surface area contributed by atoms with E-state index in [0.29, 0.717) is 16.9 Å². The highest BCUT2D eigenvalue weighted by atomic mass is 32.2. The number of para-hydroxylation sites is 1. The van der Waals surface area contributed by atoms with E-state index in [1.165, 1.54) is 43.5 Å². The Labute approximate surface area is 168 Å². The highest BCUT2D eigenvalue weighted by Crippen LogP contribution is 2.19. The first-order chi connectivity index (χ1) is 13.9. The predicted octanol–water partition coefficient (Wildman–Crippen LogP) is 3.53. The van der Waals surface area contributed by atoms with E-state index < -0.39 is 21.9 Å². The minimum Gasteiger partial charge on any atom is -0.465 e. The third-order valence-electron chi connectivity index (χ3n) is 4.03. The van der Waals surface area contributed by atoms with Crippen molar-refractivity contribution in [3.63, 3.8) is 0 Å². The standard InChI is InChI=1S/C21H18N2O5S/c1-28-21(25)18-9-5-6-10-19(18)22-20(24)15-11-13-16(14-12-15)23-29(26,27)17-7-3-2-4-8-17/h2-14,23H,1H3,(H,22,24). The Hall–Kier alpha value is -3.65. The van der Waals surface area contributed by atoms with E-state index in [1.54, 1.807) is 42.5 Å². The van der Waals surface area contributed by atoms with Crippen LogP contribution in [0.25, 0.3) is 0 Å². The Balaban J connectivity index is 1.74. The number of anilines is 2. The third-order valence-corrected chi connectivity index (χ3v) is 5.43. The third kappa shape index (κ3) is 4.80. The molecule has 0 aliphatic heterocycles. The Bertz CT molecular complexity index is 1130. The number of carbonyl (C=O) groups excluding carboxylic acids is 2. The monoisotopic (exact) mass is 410 g/mol. The van der Waals surface area contributed by atoms with Gasteiger partial charge in [0.05, 0.1) is 23.3 Å². The van der Waals surface area contributed by atoms with Gasteiger partial charge in [0.1, 0.15) is 0 Å². The van der Waals surface area contributed by atoms with Crippen molar-refractivity contribution >= 4 is 33.3 Å². The van der Waals surface area contributed by atoms with Gasteiger partial charge in [0, 0.05) is 11.3 Å². The second-order valence-corrected chi connectivity index (χ2v) is 7.67. The fraction of sp³-hybridized carbons (Fsp3) is 0.0476. The maximum atomic E-state index is 12.5. The highest BCUT2D eigenvalue weighted by molar-refractivity contribution is 7.92. The molecule has 0 heterocycles. The second kappa shape index (κ2) is 8.57. The molecule has 3 aromatic carbocycles. The van der Waals surface area contributed by atoms with Crippen LogP contribution in [0, 0.1) is 0 Å². The predicted molar refractivity (Wildman–Crippen MR) is 109 cm³/mol. The highest BCUT2D eigenvalue weighted by Gasteiger charge is 2.16. The zero-order valence-electron chi connectivity index (χ0n) is 15.5. The number of esters is 1. The van der Waals surface area contributed by atoms with Crippen molar-refractivity contribution in [2.24, 2.45) is 0 Å². The van der Waals surface area contributed by atoms with Gasteiger partial charge in [-0.05, 0) is 48.5 Å². The average Bonchev–Trinajstić information content (AvgIpc) is 2.74. The van der Waals surface area contributed by atoms with Crippen molar-refractivity contribution in [3.05, 3.63) is 90.0 Å². The van der Waals surface area contributed by atoms with Gasteiger partial charge in [-0.25, -0.2) is 13.2 Å². The number of sulfonamides is 1. The van der Waals surface area contributed by atoms with Gasteiger partial charge in [0.2, 0.25) is 0 Å². The molecule has 0 spiro atoms. The van der Waals surface area contributed by atoms with Crippen LogP contribution in [-0.4, -0.2) is 27.4 Å². The Morgan fingerprint density at radius 3 is 2.10 bits per heavy atom. The summed E-state index contributed by atoms with van der Waals surface area (Å²) in [5.74, 6) is -1.01. The van der Waals surface area contributed by atoms with Gasteiger partial charge in [0.15, 0.2) is 0 Å². The topological polar surface area (TPSA) is 102 Å². The van der Waals surface area contributed by atoms with Gasteiger partial charge in [-0.1, -0.05) is 30.3 Å². The number of benzene rings is 3. The molecule has 3 aromatic rings. The first kappa shape index (κ1) is 20.1. The number of nitrogens with one attached hydrogen (secondary N) is 2. The van der Waals surface area contributed by atoms with Crippen molar-refractivity contribution in [3.8, 4) is 0 Å². The summed E-state index contributed by atoms with van der Waals surface area (Å²) in [6, 6.07) is 20.4. The minimum atomic E-state index is -3.71. The summed E-state index contributed by atoms with van der Waals surface area (Å²) >= 11 is 0. The number of amides is 1. The molecule has 29 heavy (non-hydrogen) atoms. The van der Waals surface area contributed by atoms with Gasteiger partial charge >= 0.3 is 5.97 Å². The van der Waals surface area contributed by atoms with Crippen LogP contribution in [-0.2, 0) is 14.8 Å². The molecule has 1 amide bonds. The van der Waals surface area contributed by atoms with Gasteiger partial charge in [-0.15, -0.1) is 0 Å². The van der Waals surface area contributed by atoms with E-state index in [2.05, 4.69) is 10.0 Å². The zero-order valence-corrected chi connectivity index (χ0v) is 16.3. The summed E-state index contributed by atoms with van der Waals surface area (Å²) < 4.78 is 31.9. The van der Waals surface area contributed by atoms with Crippen molar-refractivity contribution in [1.82, 2.24) is 0 Å². The quantitative estimate of drug-likeness (QED) is 0.606. The molecule has 0 aliphatic rings. The summed E-state index contributed by atoms with van der Waals surface area (Å²) in [5, 5.41) is 2.66. The van der Waals surface area contributed by atoms with E-state index in [-0.39, 0.29) is 10.5 Å². The van der Waals surface area contributed by atoms with Gasteiger partial charge in [0.25, 0.3) is 15.9 Å². The SMILES string of the molecule is COC(=O)c1ccccc1NC(=O)c1ccc(NS(=O)(=O)c2ccccc2)cc1. The molecule has 0 radical (unpaired) electrons. The van der Waals surface area contributed by atoms with Crippen LogP contribution >= 0.6 is 0 Å². The lowest BCUT2D eigenvalue weighted by Crippen LogP contribution is -2.16. The first-order valence-electron chi connectivity index (χ1n) is 8.57. The van der Waals surface area contributed by atoms with Crippen molar-refractivity contribution < 1.29 is 22.7 Å². The molecule has 0 atom stereocenters. The maximum Gasteiger partial charge on any atom is 0.339 e. The van der Waals surface area contributed by atoms with Crippen molar-refractivity contribution in [1.29, 1.82) is 0 Å². The van der Waals surface area contributed by atoms with Crippen LogP contribution in [0.5, 0.6) is 0 Å². The second-order valence-electron chi connectivity index (χ2n) is 5.99. The molecule has 0 saturated carbocycles. The maximum absolute atomic E-state index is 12.5. The lowest BCUT2D eigenvalue weighted by Gasteiger charge is -2.11. The molecular formula is C21H18N2O5S. The molecule has 148 valence electrons. The summed E-state index contributed by atoms with van der Waals surface area (Å²) in [7, 11) is -2.45. The summed E-state index contributed by atoms with van der Waals surface area (Å²) in [6.07, 6.45) is 0. The number of rotatable bonds is 6. The summed E-state index contributed by atoms with van der Waals surface area (Å²) in [5.41, 5.74) is 1.17. The molecule has 7 nitrogen and oxygen atoms in total. The molecule has 2 N–H and O–H groups in total. The van der Waals surface area contributed by atoms with Crippen LogP contribution < -0.4 is 10.0 Å². The smallest absolute Gasteiger partial charge is 0.339 e. The van der Waals surface area contributed by atoms with Crippen LogP contribution in [0.3, 0.4) is 0 Å². The largest absolute Gasteiger partial charge is 0.465 e. The molecule has 0 fully saturated rings. The molecule has 0 aromatic heterocycles. The fourth-order valence-corrected chi connectivity index (χ4v) is 3.66. The summed E-state index contributed by atoms with van der Waals surface area (Å²) in [6.45, 7) is 0. The zero-order chi connectivity index (χ0) is 20.9. The number of ether oxygens (including phenoxy) is 1. The molecular weight excluding hydrogens is 392 g/mol. The number of carbonyl (C=O) groups is 2. The Morgan fingerprint density at radius 2 is 1.45 bits per heavy atom. The molecule has 8 heteroatoms. The number of hydrogen-bond acceptors (Lipinski definition) is 5. The average molecular weight is 410 g/mol. The van der Waals surface area contributed by atoms with E-state index in [9.17, 15) is 18.0 Å². The van der Waals surface area contributed by atoms with Gasteiger partial charge in [-0.3, -0.25) is 9.52 Å². The minimum absolute atomic E-state index is 0.140. The fourth-order valence-electron chi connectivity index (χ4n) is 2.58. The summed E-state index contributed by atoms with van der Waals surface area (Å²) in [4.78, 5) is 24.4. The van der Waals surface area contributed by atoms with E-state index >= 15 is 0 Å². The Morgan fingerprint density at radius 1 is 0.828 bits per heavy atom. The van der Waals surface area contributed by atoms with Crippen LogP contribution in [0.2, 0.25) is 0 Å². The number of hydrogen-bond donors (Lipinski definition) is 2. The normalized spacial score (nSPS) is 10.8.